The van der Waals surface area contributed by atoms with E-state index in [2.05, 4.69) is 15.3 Å². The van der Waals surface area contributed by atoms with Crippen LogP contribution in [0.3, 0.4) is 0 Å². The number of nitrogens with one attached hydrogen (secondary N) is 1. The number of nitrogens with two attached hydrogens (primary N) is 1. The first-order valence-corrected chi connectivity index (χ1v) is 6.92. The fraction of sp³-hybridized carbons (Fsp3) is 0.0588. The summed E-state index contributed by atoms with van der Waals surface area (Å²) in [5, 5.41) is 3.19. The number of anilines is 3. The SMILES string of the molecule is Nc1nccc(Nc2ccccc2OCc2ccccc2)n1. The molecule has 0 unspecified atom stereocenters. The molecule has 0 aliphatic rings. The van der Waals surface area contributed by atoms with Crippen LogP contribution in [0.4, 0.5) is 17.5 Å². The predicted octanol–water partition coefficient (Wildman–Crippen LogP) is 3.38. The molecule has 3 rings (SSSR count). The van der Waals surface area contributed by atoms with Crippen LogP contribution in [0.15, 0.2) is 66.9 Å². The third-order valence-corrected chi connectivity index (χ3v) is 3.06. The molecule has 3 aromatic rings. The Morgan fingerprint density at radius 3 is 2.55 bits per heavy atom. The smallest absolute Gasteiger partial charge is 0.221 e. The van der Waals surface area contributed by atoms with Gasteiger partial charge in [-0.3, -0.25) is 0 Å². The molecule has 3 N–H and O–H groups in total. The van der Waals surface area contributed by atoms with Crippen molar-refractivity contribution in [3.05, 3.63) is 72.4 Å². The number of nitrogens with zero attached hydrogens (tertiary/aromatic N) is 2. The summed E-state index contributed by atoms with van der Waals surface area (Å²) in [5.41, 5.74) is 7.54. The van der Waals surface area contributed by atoms with Crippen molar-refractivity contribution in [3.63, 3.8) is 0 Å². The monoisotopic (exact) mass is 292 g/mol. The summed E-state index contributed by atoms with van der Waals surface area (Å²) in [7, 11) is 0. The minimum atomic E-state index is 0.229. The minimum absolute atomic E-state index is 0.229. The molecule has 2 aromatic carbocycles. The molecule has 0 bridgehead atoms. The zero-order valence-corrected chi connectivity index (χ0v) is 11.9. The normalized spacial score (nSPS) is 10.2. The van der Waals surface area contributed by atoms with E-state index in [1.54, 1.807) is 12.3 Å². The number of hydrogen-bond donors (Lipinski definition) is 2. The van der Waals surface area contributed by atoms with Gasteiger partial charge in [0.25, 0.3) is 0 Å². The molecule has 0 fully saturated rings. The van der Waals surface area contributed by atoms with Crippen molar-refractivity contribution in [1.29, 1.82) is 0 Å². The van der Waals surface area contributed by atoms with Gasteiger partial charge in [0.2, 0.25) is 5.95 Å². The van der Waals surface area contributed by atoms with Crippen molar-refractivity contribution in [2.45, 2.75) is 6.61 Å². The molecule has 1 aromatic heterocycles. The number of benzene rings is 2. The Balaban J connectivity index is 1.75. The Morgan fingerprint density at radius 1 is 0.955 bits per heavy atom. The fourth-order valence-electron chi connectivity index (χ4n) is 2.01. The summed E-state index contributed by atoms with van der Waals surface area (Å²) >= 11 is 0. The lowest BCUT2D eigenvalue weighted by Gasteiger charge is -2.13. The van der Waals surface area contributed by atoms with Crippen LogP contribution in [0.1, 0.15) is 5.56 Å². The van der Waals surface area contributed by atoms with Crippen molar-refractivity contribution < 1.29 is 4.74 Å². The summed E-state index contributed by atoms with van der Waals surface area (Å²) in [6.07, 6.45) is 1.61. The highest BCUT2D eigenvalue weighted by Crippen LogP contribution is 2.27. The standard InChI is InChI=1S/C17H16N4O/c18-17-19-11-10-16(21-17)20-14-8-4-5-9-15(14)22-12-13-6-2-1-3-7-13/h1-11H,12H2,(H3,18,19,20,21). The van der Waals surface area contributed by atoms with Gasteiger partial charge >= 0.3 is 0 Å². The molecule has 0 aliphatic carbocycles. The van der Waals surface area contributed by atoms with Crippen molar-refractivity contribution in [3.8, 4) is 5.75 Å². The van der Waals surface area contributed by atoms with Crippen LogP contribution in [0.25, 0.3) is 0 Å². The molecule has 0 radical (unpaired) electrons. The molecule has 1 heterocycles. The third kappa shape index (κ3) is 3.52. The van der Waals surface area contributed by atoms with Gasteiger partial charge in [0, 0.05) is 6.20 Å². The van der Waals surface area contributed by atoms with Crippen molar-refractivity contribution in [2.24, 2.45) is 0 Å². The first-order valence-electron chi connectivity index (χ1n) is 6.92. The number of nitrogen functional groups attached to an aromatic ring is 1. The van der Waals surface area contributed by atoms with Crippen LogP contribution in [0.5, 0.6) is 5.75 Å². The Morgan fingerprint density at radius 2 is 1.73 bits per heavy atom. The summed E-state index contributed by atoms with van der Waals surface area (Å²) in [4.78, 5) is 8.00. The quantitative estimate of drug-likeness (QED) is 0.754. The lowest BCUT2D eigenvalue weighted by Crippen LogP contribution is -2.02. The number of ether oxygens (including phenoxy) is 1. The van der Waals surface area contributed by atoms with E-state index >= 15 is 0 Å². The zero-order valence-electron chi connectivity index (χ0n) is 11.9. The molecular formula is C17H16N4O. The van der Waals surface area contributed by atoms with Gasteiger partial charge in [0.15, 0.2) is 0 Å². The highest BCUT2D eigenvalue weighted by molar-refractivity contribution is 5.64. The summed E-state index contributed by atoms with van der Waals surface area (Å²) in [6, 6.07) is 19.5. The predicted molar refractivity (Wildman–Crippen MR) is 86.9 cm³/mol. The van der Waals surface area contributed by atoms with E-state index in [-0.39, 0.29) is 5.95 Å². The molecule has 0 spiro atoms. The maximum absolute atomic E-state index is 5.89. The third-order valence-electron chi connectivity index (χ3n) is 3.06. The van der Waals surface area contributed by atoms with E-state index in [4.69, 9.17) is 10.5 Å². The lowest BCUT2D eigenvalue weighted by molar-refractivity contribution is 0.308. The largest absolute Gasteiger partial charge is 0.487 e. The number of para-hydroxylation sites is 2. The van der Waals surface area contributed by atoms with Gasteiger partial charge in [-0.25, -0.2) is 4.98 Å². The molecule has 5 nitrogen and oxygen atoms in total. The van der Waals surface area contributed by atoms with E-state index in [1.807, 2.05) is 54.6 Å². The first-order chi connectivity index (χ1) is 10.8. The number of aromatic nitrogens is 2. The van der Waals surface area contributed by atoms with Gasteiger partial charge in [-0.1, -0.05) is 42.5 Å². The maximum Gasteiger partial charge on any atom is 0.221 e. The van der Waals surface area contributed by atoms with Crippen LogP contribution < -0.4 is 15.8 Å². The fourth-order valence-corrected chi connectivity index (χ4v) is 2.01. The van der Waals surface area contributed by atoms with Gasteiger partial charge in [-0.15, -0.1) is 0 Å². The Kier molecular flexibility index (Phi) is 4.15. The second-order valence-corrected chi connectivity index (χ2v) is 4.70. The van der Waals surface area contributed by atoms with Crippen molar-refractivity contribution in [1.82, 2.24) is 9.97 Å². The Hall–Kier alpha value is -3.08. The van der Waals surface area contributed by atoms with Crippen LogP contribution in [-0.2, 0) is 6.61 Å². The number of rotatable bonds is 5. The second-order valence-electron chi connectivity index (χ2n) is 4.70. The minimum Gasteiger partial charge on any atom is -0.487 e. The van der Waals surface area contributed by atoms with Crippen LogP contribution in [0, 0.1) is 0 Å². The van der Waals surface area contributed by atoms with Gasteiger partial charge < -0.3 is 15.8 Å². The number of hydrogen-bond acceptors (Lipinski definition) is 5. The van der Waals surface area contributed by atoms with E-state index in [1.165, 1.54) is 0 Å². The van der Waals surface area contributed by atoms with Gasteiger partial charge in [0.05, 0.1) is 5.69 Å². The van der Waals surface area contributed by atoms with E-state index in [9.17, 15) is 0 Å². The van der Waals surface area contributed by atoms with Crippen LogP contribution in [0.2, 0.25) is 0 Å². The highest BCUT2D eigenvalue weighted by atomic mass is 16.5. The zero-order chi connectivity index (χ0) is 15.2. The topological polar surface area (TPSA) is 73.1 Å². The maximum atomic E-state index is 5.89. The average molecular weight is 292 g/mol. The molecular weight excluding hydrogens is 276 g/mol. The molecule has 0 amide bonds. The van der Waals surface area contributed by atoms with E-state index in [0.29, 0.717) is 12.4 Å². The molecule has 0 saturated carbocycles. The molecule has 5 heteroatoms. The lowest BCUT2D eigenvalue weighted by atomic mass is 10.2. The van der Waals surface area contributed by atoms with Crippen molar-refractivity contribution in [2.75, 3.05) is 11.1 Å². The highest BCUT2D eigenvalue weighted by Gasteiger charge is 2.05. The van der Waals surface area contributed by atoms with Gasteiger partial charge in [-0.2, -0.15) is 4.98 Å². The van der Waals surface area contributed by atoms with E-state index < -0.39 is 0 Å². The van der Waals surface area contributed by atoms with Gasteiger partial charge in [-0.05, 0) is 23.8 Å². The molecule has 0 saturated heterocycles. The average Bonchev–Trinajstić information content (AvgIpc) is 2.55. The molecule has 22 heavy (non-hydrogen) atoms. The van der Waals surface area contributed by atoms with Crippen LogP contribution in [-0.4, -0.2) is 9.97 Å². The molecule has 110 valence electrons. The summed E-state index contributed by atoms with van der Waals surface area (Å²) in [6.45, 7) is 0.505. The van der Waals surface area contributed by atoms with Crippen molar-refractivity contribution >= 4 is 17.5 Å². The van der Waals surface area contributed by atoms with Crippen LogP contribution >= 0.6 is 0 Å². The van der Waals surface area contributed by atoms with E-state index in [0.717, 1.165) is 17.0 Å². The van der Waals surface area contributed by atoms with Gasteiger partial charge in [0.1, 0.15) is 18.2 Å². The summed E-state index contributed by atoms with van der Waals surface area (Å²) in [5.74, 6) is 1.61. The molecule has 0 atom stereocenters. The molecule has 0 aliphatic heterocycles. The first kappa shape index (κ1) is 13.9. The Bertz CT molecular complexity index is 746. The Labute approximate surface area is 128 Å². The summed E-state index contributed by atoms with van der Waals surface area (Å²) < 4.78 is 5.89. The second kappa shape index (κ2) is 6.58.